The molecule has 1 amide bonds. The number of nitrogens with two attached hydrogens (primary N) is 1. The second-order valence-corrected chi connectivity index (χ2v) is 7.08. The summed E-state index contributed by atoms with van der Waals surface area (Å²) in [5, 5.41) is 0. The average molecular weight is 402 g/mol. The van der Waals surface area contributed by atoms with E-state index in [9.17, 15) is 14.4 Å². The first-order valence-electron chi connectivity index (χ1n) is 9.93. The molecule has 0 atom stereocenters. The maximum absolute atomic E-state index is 12.9. The lowest BCUT2D eigenvalue weighted by molar-refractivity contribution is -0.120. The molecule has 0 radical (unpaired) electrons. The molecule has 0 unspecified atom stereocenters. The number of unbranched alkanes of at least 4 members (excludes halogenated alkanes) is 1. The van der Waals surface area contributed by atoms with Crippen molar-refractivity contribution >= 4 is 17.4 Å². The average Bonchev–Trinajstić information content (AvgIpc) is 2.68. The number of aromatic amines is 1. The van der Waals surface area contributed by atoms with Gasteiger partial charge in [0.05, 0.1) is 0 Å². The number of nitrogens with one attached hydrogen (secondary N) is 1. The number of carbonyl (C=O) groups is 1. The second-order valence-electron chi connectivity index (χ2n) is 7.08. The summed E-state index contributed by atoms with van der Waals surface area (Å²) in [6.07, 6.45) is 2.17. The van der Waals surface area contributed by atoms with Crippen LogP contribution < -0.4 is 26.6 Å². The van der Waals surface area contributed by atoms with Crippen LogP contribution in [0.5, 0.6) is 5.75 Å². The number of amides is 1. The minimum atomic E-state index is -0.671. The first-order chi connectivity index (χ1) is 13.8. The third kappa shape index (κ3) is 5.28. The largest absolute Gasteiger partial charge is 0.484 e. The Hall–Kier alpha value is -3.03. The van der Waals surface area contributed by atoms with Gasteiger partial charge in [-0.15, -0.1) is 0 Å². The number of benzene rings is 1. The van der Waals surface area contributed by atoms with Crippen molar-refractivity contribution < 1.29 is 9.53 Å². The molecule has 0 spiro atoms. The number of nitrogen functional groups attached to an aromatic ring is 1. The fraction of sp³-hybridized carbons (Fsp3) is 0.476. The van der Waals surface area contributed by atoms with Gasteiger partial charge in [0, 0.05) is 13.1 Å². The highest BCUT2D eigenvalue weighted by Crippen LogP contribution is 2.20. The van der Waals surface area contributed by atoms with E-state index in [-0.39, 0.29) is 18.1 Å². The van der Waals surface area contributed by atoms with Crippen LogP contribution in [0, 0.1) is 13.8 Å². The summed E-state index contributed by atoms with van der Waals surface area (Å²) < 4.78 is 6.94. The van der Waals surface area contributed by atoms with Crippen molar-refractivity contribution in [2.45, 2.75) is 53.5 Å². The number of aryl methyl sites for hydroxylation is 2. The van der Waals surface area contributed by atoms with Crippen LogP contribution >= 0.6 is 0 Å². The van der Waals surface area contributed by atoms with Gasteiger partial charge in [-0.25, -0.2) is 4.79 Å². The number of hydrogen-bond donors (Lipinski definition) is 2. The van der Waals surface area contributed by atoms with Gasteiger partial charge in [-0.2, -0.15) is 0 Å². The van der Waals surface area contributed by atoms with E-state index in [1.165, 1.54) is 9.47 Å². The predicted octanol–water partition coefficient (Wildman–Crippen LogP) is 2.36. The molecule has 3 N–H and O–H groups in total. The highest BCUT2D eigenvalue weighted by Gasteiger charge is 2.24. The van der Waals surface area contributed by atoms with Gasteiger partial charge < -0.3 is 15.4 Å². The number of rotatable bonds is 9. The minimum Gasteiger partial charge on any atom is -0.484 e. The lowest BCUT2D eigenvalue weighted by Gasteiger charge is -2.24. The van der Waals surface area contributed by atoms with Crippen LogP contribution in [0.1, 0.15) is 44.2 Å². The van der Waals surface area contributed by atoms with E-state index in [4.69, 9.17) is 10.5 Å². The zero-order valence-corrected chi connectivity index (χ0v) is 17.6. The summed E-state index contributed by atoms with van der Waals surface area (Å²) in [7, 11) is 0. The third-order valence-corrected chi connectivity index (χ3v) is 4.81. The van der Waals surface area contributed by atoms with E-state index in [1.54, 1.807) is 6.07 Å². The van der Waals surface area contributed by atoms with Crippen LogP contribution in [0.2, 0.25) is 0 Å². The van der Waals surface area contributed by atoms with Gasteiger partial charge in [-0.3, -0.25) is 19.1 Å². The Kier molecular flexibility index (Phi) is 7.64. The van der Waals surface area contributed by atoms with E-state index < -0.39 is 17.2 Å². The number of nitrogens with zero attached hydrogens (tertiary/aromatic N) is 2. The van der Waals surface area contributed by atoms with Crippen LogP contribution in [0.3, 0.4) is 0 Å². The van der Waals surface area contributed by atoms with Crippen molar-refractivity contribution in [1.82, 2.24) is 9.55 Å². The summed E-state index contributed by atoms with van der Waals surface area (Å²) in [5.74, 6) is 0.182. The molecule has 0 bridgehead atoms. The van der Waals surface area contributed by atoms with Crippen LogP contribution in [0.25, 0.3) is 0 Å². The summed E-state index contributed by atoms with van der Waals surface area (Å²) >= 11 is 0. The van der Waals surface area contributed by atoms with Gasteiger partial charge in [0.25, 0.3) is 11.5 Å². The monoisotopic (exact) mass is 402 g/mol. The van der Waals surface area contributed by atoms with Crippen LogP contribution in [0.15, 0.2) is 27.8 Å². The number of carbonyl (C=O) groups excluding carboxylic acids is 1. The molecule has 158 valence electrons. The van der Waals surface area contributed by atoms with Crippen molar-refractivity contribution in [3.63, 3.8) is 0 Å². The summed E-state index contributed by atoms with van der Waals surface area (Å²) in [6.45, 7) is 8.27. The molecule has 1 aromatic heterocycles. The number of aromatic nitrogens is 2. The van der Waals surface area contributed by atoms with Gasteiger partial charge in [-0.1, -0.05) is 26.3 Å². The molecule has 1 aromatic carbocycles. The Morgan fingerprint density at radius 1 is 1.17 bits per heavy atom. The van der Waals surface area contributed by atoms with E-state index in [1.807, 2.05) is 39.8 Å². The lowest BCUT2D eigenvalue weighted by Crippen LogP contribution is -2.43. The molecule has 0 aliphatic heterocycles. The topological polar surface area (TPSA) is 110 Å². The molecular weight excluding hydrogens is 372 g/mol. The first-order valence-corrected chi connectivity index (χ1v) is 9.93. The maximum Gasteiger partial charge on any atom is 0.330 e. The van der Waals surface area contributed by atoms with Crippen molar-refractivity contribution in [3.05, 3.63) is 50.2 Å². The smallest absolute Gasteiger partial charge is 0.330 e. The molecular formula is C21H30N4O4. The molecule has 8 heteroatoms. The number of hydrogen-bond acceptors (Lipinski definition) is 5. The van der Waals surface area contributed by atoms with Crippen molar-refractivity contribution in [2.24, 2.45) is 0 Å². The Bertz CT molecular complexity index is 978. The summed E-state index contributed by atoms with van der Waals surface area (Å²) in [4.78, 5) is 41.1. The van der Waals surface area contributed by atoms with E-state index >= 15 is 0 Å². The number of ether oxygens (including phenoxy) is 1. The Morgan fingerprint density at radius 2 is 1.90 bits per heavy atom. The molecule has 2 aromatic rings. The van der Waals surface area contributed by atoms with Crippen molar-refractivity contribution in [3.8, 4) is 5.75 Å². The van der Waals surface area contributed by atoms with Crippen molar-refractivity contribution in [1.29, 1.82) is 0 Å². The molecule has 0 saturated heterocycles. The predicted molar refractivity (Wildman–Crippen MR) is 115 cm³/mol. The van der Waals surface area contributed by atoms with E-state index in [0.29, 0.717) is 31.7 Å². The van der Waals surface area contributed by atoms with Gasteiger partial charge in [-0.05, 0) is 49.9 Å². The minimum absolute atomic E-state index is 0.000173. The lowest BCUT2D eigenvalue weighted by atomic mass is 10.1. The normalized spacial score (nSPS) is 10.8. The number of H-pyrrole nitrogens is 1. The van der Waals surface area contributed by atoms with Crippen LogP contribution in [-0.4, -0.2) is 28.6 Å². The number of anilines is 2. The second kappa shape index (κ2) is 9.95. The van der Waals surface area contributed by atoms with Crippen LogP contribution in [0.4, 0.5) is 11.5 Å². The zero-order chi connectivity index (χ0) is 21.6. The third-order valence-electron chi connectivity index (χ3n) is 4.81. The summed E-state index contributed by atoms with van der Waals surface area (Å²) in [6, 6.07) is 5.59. The zero-order valence-electron chi connectivity index (χ0n) is 17.6. The van der Waals surface area contributed by atoms with Gasteiger partial charge >= 0.3 is 5.69 Å². The highest BCUT2D eigenvalue weighted by molar-refractivity contribution is 5.96. The molecule has 0 aliphatic rings. The van der Waals surface area contributed by atoms with Gasteiger partial charge in [0.2, 0.25) is 0 Å². The molecule has 8 nitrogen and oxygen atoms in total. The standard InChI is InChI=1S/C21H30N4O4/c1-5-7-11-24(17(26)13-29-16-9-8-14(3)15(4)12-16)18-19(22)25(10-6-2)21(28)23-20(18)27/h8-9,12H,5-7,10-11,13,22H2,1-4H3,(H,23,27,28). The summed E-state index contributed by atoms with van der Waals surface area (Å²) in [5.41, 5.74) is 7.08. The molecule has 0 fully saturated rings. The highest BCUT2D eigenvalue weighted by atomic mass is 16.5. The molecule has 1 heterocycles. The van der Waals surface area contributed by atoms with Crippen LogP contribution in [-0.2, 0) is 11.3 Å². The van der Waals surface area contributed by atoms with Gasteiger partial charge in [0.1, 0.15) is 11.6 Å². The molecule has 0 saturated carbocycles. The SMILES string of the molecule is CCCCN(C(=O)COc1ccc(C)c(C)c1)c1c(N)n(CCC)c(=O)[nH]c1=O. The Labute approximate surface area is 170 Å². The molecule has 2 rings (SSSR count). The molecule has 29 heavy (non-hydrogen) atoms. The quantitative estimate of drug-likeness (QED) is 0.669. The fourth-order valence-corrected chi connectivity index (χ4v) is 2.99. The van der Waals surface area contributed by atoms with E-state index in [0.717, 1.165) is 17.5 Å². The maximum atomic E-state index is 12.9. The van der Waals surface area contributed by atoms with Crippen molar-refractivity contribution in [2.75, 3.05) is 23.8 Å². The van der Waals surface area contributed by atoms with E-state index in [2.05, 4.69) is 4.98 Å². The first kappa shape index (κ1) is 22.3. The Balaban J connectivity index is 2.34. The van der Waals surface area contributed by atoms with Gasteiger partial charge in [0.15, 0.2) is 12.3 Å². The Morgan fingerprint density at radius 3 is 2.52 bits per heavy atom. The molecule has 0 aliphatic carbocycles. The fourth-order valence-electron chi connectivity index (χ4n) is 2.99.